The van der Waals surface area contributed by atoms with Gasteiger partial charge in [-0.2, -0.15) is 0 Å². The van der Waals surface area contributed by atoms with Gasteiger partial charge in [-0.3, -0.25) is 10.1 Å². The Morgan fingerprint density at radius 3 is 2.72 bits per heavy atom. The quantitative estimate of drug-likeness (QED) is 0.609. The number of ether oxygens (including phenoxy) is 2. The molecule has 5 heteroatoms. The third-order valence-electron chi connectivity index (χ3n) is 3.06. The highest BCUT2D eigenvalue weighted by atomic mass is 16.7. The lowest BCUT2D eigenvalue weighted by Crippen LogP contribution is -2.45. The van der Waals surface area contributed by atoms with Gasteiger partial charge in [0.1, 0.15) is 12.7 Å². The fraction of sp³-hybridized carbons (Fsp3) is 0.538. The van der Waals surface area contributed by atoms with Crippen LogP contribution in [0.2, 0.25) is 0 Å². The van der Waals surface area contributed by atoms with Crippen LogP contribution in [-0.2, 0) is 9.47 Å². The molecule has 0 spiro atoms. The van der Waals surface area contributed by atoms with Gasteiger partial charge in [-0.05, 0) is 6.42 Å². The van der Waals surface area contributed by atoms with Crippen molar-refractivity contribution in [2.75, 3.05) is 6.61 Å². The highest BCUT2D eigenvalue weighted by Gasteiger charge is 2.39. The van der Waals surface area contributed by atoms with Gasteiger partial charge in [-0.15, -0.1) is 0 Å². The molecule has 98 valence electrons. The van der Waals surface area contributed by atoms with Crippen LogP contribution in [0.4, 0.5) is 0 Å². The van der Waals surface area contributed by atoms with Gasteiger partial charge in [0.05, 0.1) is 0 Å². The first-order valence-electron chi connectivity index (χ1n) is 6.18. The molecule has 1 aliphatic rings. The Hall–Kier alpha value is -1.46. The van der Waals surface area contributed by atoms with E-state index in [-0.39, 0.29) is 17.6 Å². The lowest BCUT2D eigenvalue weighted by molar-refractivity contribution is -0.555. The van der Waals surface area contributed by atoms with Gasteiger partial charge in [-0.1, -0.05) is 43.7 Å². The first kappa shape index (κ1) is 13.0. The monoisotopic (exact) mass is 251 g/mol. The van der Waals surface area contributed by atoms with Crippen molar-refractivity contribution in [2.45, 2.75) is 38.2 Å². The molecule has 18 heavy (non-hydrogen) atoms. The number of hydrogen-bond donors (Lipinski definition) is 0. The predicted octanol–water partition coefficient (Wildman–Crippen LogP) is 2.55. The van der Waals surface area contributed by atoms with Crippen molar-refractivity contribution in [2.24, 2.45) is 0 Å². The molecular weight excluding hydrogens is 234 g/mol. The predicted molar refractivity (Wildman–Crippen MR) is 65.7 cm³/mol. The average molecular weight is 251 g/mol. The zero-order valence-corrected chi connectivity index (χ0v) is 10.3. The first-order valence-corrected chi connectivity index (χ1v) is 6.18. The number of nitro groups is 1. The fourth-order valence-corrected chi connectivity index (χ4v) is 2.11. The van der Waals surface area contributed by atoms with Crippen LogP contribution >= 0.6 is 0 Å². The van der Waals surface area contributed by atoms with Crippen molar-refractivity contribution in [1.82, 2.24) is 0 Å². The highest BCUT2D eigenvalue weighted by molar-refractivity contribution is 5.16. The van der Waals surface area contributed by atoms with E-state index in [1.165, 1.54) is 0 Å². The van der Waals surface area contributed by atoms with Gasteiger partial charge in [0, 0.05) is 10.5 Å². The van der Waals surface area contributed by atoms with Crippen LogP contribution in [0.25, 0.3) is 0 Å². The Morgan fingerprint density at radius 2 is 2.11 bits per heavy atom. The second-order valence-electron chi connectivity index (χ2n) is 4.39. The molecule has 1 heterocycles. The van der Waals surface area contributed by atoms with E-state index < -0.39 is 12.3 Å². The Bertz CT molecular complexity index is 395. The van der Waals surface area contributed by atoms with Crippen LogP contribution in [0, 0.1) is 10.1 Å². The largest absolute Gasteiger partial charge is 0.341 e. The SMILES string of the molecule is CCCC1OC(c2ccccc2)OCC1[N+](=O)[O-]. The molecular formula is C13H17NO4. The molecule has 0 aromatic heterocycles. The molecule has 2 rings (SSSR count). The van der Waals surface area contributed by atoms with Crippen molar-refractivity contribution in [1.29, 1.82) is 0 Å². The van der Waals surface area contributed by atoms with Crippen LogP contribution in [0.1, 0.15) is 31.6 Å². The molecule has 0 N–H and O–H groups in total. The smallest absolute Gasteiger partial charge is 0.261 e. The summed E-state index contributed by atoms with van der Waals surface area (Å²) in [6.45, 7) is 2.10. The Morgan fingerprint density at radius 1 is 1.39 bits per heavy atom. The molecule has 1 aliphatic heterocycles. The second-order valence-corrected chi connectivity index (χ2v) is 4.39. The average Bonchev–Trinajstić information content (AvgIpc) is 2.40. The van der Waals surface area contributed by atoms with Gasteiger partial charge >= 0.3 is 0 Å². The normalized spacial score (nSPS) is 27.9. The molecule has 0 bridgehead atoms. The third kappa shape index (κ3) is 2.86. The lowest BCUT2D eigenvalue weighted by Gasteiger charge is -2.32. The highest BCUT2D eigenvalue weighted by Crippen LogP contribution is 2.29. The molecule has 0 amide bonds. The van der Waals surface area contributed by atoms with E-state index >= 15 is 0 Å². The van der Waals surface area contributed by atoms with E-state index in [0.29, 0.717) is 6.42 Å². The number of benzene rings is 1. The van der Waals surface area contributed by atoms with Gasteiger partial charge in [-0.25, -0.2) is 0 Å². The Labute approximate surface area is 106 Å². The van der Waals surface area contributed by atoms with Crippen molar-refractivity contribution >= 4 is 0 Å². The fourth-order valence-electron chi connectivity index (χ4n) is 2.11. The molecule has 1 saturated heterocycles. The topological polar surface area (TPSA) is 61.6 Å². The zero-order valence-electron chi connectivity index (χ0n) is 10.3. The summed E-state index contributed by atoms with van der Waals surface area (Å²) in [5.41, 5.74) is 0.903. The molecule has 0 aliphatic carbocycles. The van der Waals surface area contributed by atoms with Crippen molar-refractivity contribution in [3.05, 3.63) is 46.0 Å². The summed E-state index contributed by atoms with van der Waals surface area (Å²) >= 11 is 0. The molecule has 1 aromatic rings. The maximum absolute atomic E-state index is 10.9. The minimum Gasteiger partial charge on any atom is -0.341 e. The van der Waals surface area contributed by atoms with Crippen LogP contribution in [-0.4, -0.2) is 23.7 Å². The number of nitrogens with zero attached hydrogens (tertiary/aromatic N) is 1. The molecule has 3 unspecified atom stereocenters. The molecule has 0 saturated carbocycles. The van der Waals surface area contributed by atoms with Crippen LogP contribution in [0.15, 0.2) is 30.3 Å². The molecule has 5 nitrogen and oxygen atoms in total. The molecule has 0 radical (unpaired) electrons. The van der Waals surface area contributed by atoms with Gasteiger partial charge in [0.15, 0.2) is 6.29 Å². The van der Waals surface area contributed by atoms with E-state index in [2.05, 4.69) is 0 Å². The summed E-state index contributed by atoms with van der Waals surface area (Å²) in [6.07, 6.45) is 0.678. The van der Waals surface area contributed by atoms with E-state index in [1.54, 1.807) is 0 Å². The first-order chi connectivity index (χ1) is 8.72. The van der Waals surface area contributed by atoms with E-state index in [0.717, 1.165) is 12.0 Å². The van der Waals surface area contributed by atoms with Crippen molar-refractivity contribution in [3.63, 3.8) is 0 Å². The minimum absolute atomic E-state index is 0.108. The molecule has 1 aromatic carbocycles. The Kier molecular flexibility index (Phi) is 4.28. The van der Waals surface area contributed by atoms with Crippen LogP contribution in [0.3, 0.4) is 0 Å². The summed E-state index contributed by atoms with van der Waals surface area (Å²) in [5, 5.41) is 10.9. The van der Waals surface area contributed by atoms with E-state index in [1.807, 2.05) is 37.3 Å². The van der Waals surface area contributed by atoms with Crippen molar-refractivity contribution < 1.29 is 14.4 Å². The zero-order chi connectivity index (χ0) is 13.0. The van der Waals surface area contributed by atoms with E-state index in [4.69, 9.17) is 9.47 Å². The number of rotatable bonds is 4. The van der Waals surface area contributed by atoms with Gasteiger partial charge in [0.25, 0.3) is 6.04 Å². The lowest BCUT2D eigenvalue weighted by atomic mass is 10.1. The van der Waals surface area contributed by atoms with E-state index in [9.17, 15) is 10.1 Å². The van der Waals surface area contributed by atoms with Crippen LogP contribution < -0.4 is 0 Å². The summed E-state index contributed by atoms with van der Waals surface area (Å²) in [5.74, 6) is 0. The standard InChI is InChI=1S/C13H17NO4/c1-2-6-12-11(14(15)16)9-17-13(18-12)10-7-4-3-5-8-10/h3-5,7-8,11-13H,2,6,9H2,1H3. The second kappa shape index (κ2) is 5.93. The molecule has 3 atom stereocenters. The van der Waals surface area contributed by atoms with Gasteiger partial charge in [0.2, 0.25) is 0 Å². The maximum atomic E-state index is 10.9. The summed E-state index contributed by atoms with van der Waals surface area (Å²) < 4.78 is 11.2. The van der Waals surface area contributed by atoms with Crippen molar-refractivity contribution in [3.8, 4) is 0 Å². The number of hydrogen-bond acceptors (Lipinski definition) is 4. The Balaban J connectivity index is 2.08. The minimum atomic E-state index is -0.759. The summed E-state index contributed by atoms with van der Waals surface area (Å²) in [6, 6.07) is 8.76. The summed E-state index contributed by atoms with van der Waals surface area (Å²) in [4.78, 5) is 10.6. The molecule has 1 fully saturated rings. The summed E-state index contributed by atoms with van der Waals surface area (Å²) in [7, 11) is 0. The third-order valence-corrected chi connectivity index (χ3v) is 3.06. The van der Waals surface area contributed by atoms with Gasteiger partial charge < -0.3 is 9.47 Å². The van der Waals surface area contributed by atoms with Crippen LogP contribution in [0.5, 0.6) is 0 Å². The maximum Gasteiger partial charge on any atom is 0.261 e.